The number of likely N-dealkylation sites (tertiary alicyclic amines) is 1. The minimum Gasteiger partial charge on any atom is -0.338 e. The van der Waals surface area contributed by atoms with Crippen molar-refractivity contribution < 1.29 is 4.79 Å². The van der Waals surface area contributed by atoms with E-state index >= 15 is 0 Å². The van der Waals surface area contributed by atoms with Crippen LogP contribution < -0.4 is 5.32 Å². The number of carbonyl (C=O) groups excluding carboxylic acids is 1. The summed E-state index contributed by atoms with van der Waals surface area (Å²) in [6, 6.07) is 10.1. The number of amides is 1. The van der Waals surface area contributed by atoms with E-state index in [2.05, 4.69) is 10.3 Å². The van der Waals surface area contributed by atoms with Gasteiger partial charge in [0.05, 0.1) is 5.69 Å². The molecule has 5 heteroatoms. The zero-order valence-corrected chi connectivity index (χ0v) is 14.9. The Labute approximate surface area is 146 Å². The number of nitrogens with zero attached hydrogens (tertiary/aromatic N) is 2. The van der Waals surface area contributed by atoms with Crippen LogP contribution in [-0.4, -0.2) is 42.0 Å². The molecule has 0 bridgehead atoms. The molecule has 1 aromatic carbocycles. The Kier molecular flexibility index (Phi) is 4.14. The fraction of sp³-hybridized carbons (Fsp3) is 0.474. The largest absolute Gasteiger partial charge is 0.338 e. The first-order chi connectivity index (χ1) is 11.7. The molecule has 0 atom stereocenters. The summed E-state index contributed by atoms with van der Waals surface area (Å²) in [6.45, 7) is 5.94. The maximum Gasteiger partial charge on any atom is 0.265 e. The lowest BCUT2D eigenvalue weighted by molar-refractivity contribution is 0.0611. The fourth-order valence-corrected chi connectivity index (χ4v) is 4.89. The van der Waals surface area contributed by atoms with Gasteiger partial charge in [-0.1, -0.05) is 30.3 Å². The predicted molar refractivity (Wildman–Crippen MR) is 97.3 cm³/mol. The molecule has 2 aromatic rings. The van der Waals surface area contributed by atoms with Crippen LogP contribution >= 0.6 is 11.3 Å². The van der Waals surface area contributed by atoms with Crippen molar-refractivity contribution in [2.24, 2.45) is 5.41 Å². The second kappa shape index (κ2) is 6.30. The third-order valence-electron chi connectivity index (χ3n) is 5.45. The number of carbonyl (C=O) groups is 1. The number of hydrogen-bond donors (Lipinski definition) is 1. The van der Waals surface area contributed by atoms with Crippen LogP contribution in [-0.2, 0) is 0 Å². The van der Waals surface area contributed by atoms with E-state index in [0.717, 1.165) is 60.2 Å². The normalized spacial score (nSPS) is 19.8. The molecule has 0 aliphatic carbocycles. The standard InChI is InChI=1S/C19H23N3OS/c1-14-16(24-17(21-14)15-5-3-2-4-6-15)18(23)22-11-8-19(9-12-22)7-10-20-13-19/h2-6,20H,7-13H2,1H3. The molecular formula is C19H23N3OS. The van der Waals surface area contributed by atoms with Crippen molar-refractivity contribution in [2.75, 3.05) is 26.2 Å². The van der Waals surface area contributed by atoms with Gasteiger partial charge in [0.15, 0.2) is 0 Å². The summed E-state index contributed by atoms with van der Waals surface area (Å²) < 4.78 is 0. The SMILES string of the molecule is Cc1nc(-c2ccccc2)sc1C(=O)N1CCC2(CCNC2)CC1. The molecule has 126 valence electrons. The van der Waals surface area contributed by atoms with Gasteiger partial charge in [-0.3, -0.25) is 4.79 Å². The third-order valence-corrected chi connectivity index (χ3v) is 6.65. The molecular weight excluding hydrogens is 318 g/mol. The highest BCUT2D eigenvalue weighted by molar-refractivity contribution is 7.17. The highest BCUT2D eigenvalue weighted by Gasteiger charge is 2.38. The van der Waals surface area contributed by atoms with Crippen LogP contribution in [0.5, 0.6) is 0 Å². The zero-order chi connectivity index (χ0) is 16.6. The molecule has 2 aliphatic rings. The molecule has 2 saturated heterocycles. The summed E-state index contributed by atoms with van der Waals surface area (Å²) in [4.78, 5) is 20.4. The van der Waals surface area contributed by atoms with Gasteiger partial charge in [-0.25, -0.2) is 4.98 Å². The van der Waals surface area contributed by atoms with Gasteiger partial charge in [-0.2, -0.15) is 0 Å². The Morgan fingerprint density at radius 1 is 1.21 bits per heavy atom. The summed E-state index contributed by atoms with van der Waals surface area (Å²) in [7, 11) is 0. The summed E-state index contributed by atoms with van der Waals surface area (Å²) >= 11 is 1.52. The van der Waals surface area contributed by atoms with E-state index in [0.29, 0.717) is 5.41 Å². The molecule has 2 aliphatic heterocycles. The first-order valence-corrected chi connectivity index (χ1v) is 9.51. The Morgan fingerprint density at radius 2 is 1.96 bits per heavy atom. The quantitative estimate of drug-likeness (QED) is 0.911. The van der Waals surface area contributed by atoms with Gasteiger partial charge in [-0.15, -0.1) is 11.3 Å². The second-order valence-electron chi connectivity index (χ2n) is 7.02. The summed E-state index contributed by atoms with van der Waals surface area (Å²) in [5.74, 6) is 0.160. The molecule has 3 heterocycles. The van der Waals surface area contributed by atoms with Gasteiger partial charge in [0, 0.05) is 25.2 Å². The number of thiazole rings is 1. The smallest absolute Gasteiger partial charge is 0.265 e. The fourth-order valence-electron chi connectivity index (χ4n) is 3.85. The summed E-state index contributed by atoms with van der Waals surface area (Å²) in [5, 5.41) is 4.41. The number of rotatable bonds is 2. The molecule has 2 fully saturated rings. The van der Waals surface area contributed by atoms with Crippen molar-refractivity contribution >= 4 is 17.2 Å². The van der Waals surface area contributed by atoms with Crippen molar-refractivity contribution in [1.29, 1.82) is 0 Å². The van der Waals surface area contributed by atoms with Crippen LogP contribution in [0.4, 0.5) is 0 Å². The van der Waals surface area contributed by atoms with E-state index < -0.39 is 0 Å². The van der Waals surface area contributed by atoms with Gasteiger partial charge in [0.25, 0.3) is 5.91 Å². The van der Waals surface area contributed by atoms with Crippen molar-refractivity contribution in [3.63, 3.8) is 0 Å². The molecule has 0 radical (unpaired) electrons. The van der Waals surface area contributed by atoms with Crippen molar-refractivity contribution in [2.45, 2.75) is 26.2 Å². The van der Waals surface area contributed by atoms with Gasteiger partial charge >= 0.3 is 0 Å². The Hall–Kier alpha value is -1.72. The Morgan fingerprint density at radius 3 is 2.62 bits per heavy atom. The lowest BCUT2D eigenvalue weighted by Crippen LogP contribution is -2.44. The van der Waals surface area contributed by atoms with E-state index in [1.807, 2.05) is 42.2 Å². The average molecular weight is 341 g/mol. The molecule has 1 spiro atoms. The van der Waals surface area contributed by atoms with E-state index in [-0.39, 0.29) is 5.91 Å². The van der Waals surface area contributed by atoms with Crippen LogP contribution in [0.15, 0.2) is 30.3 Å². The molecule has 0 unspecified atom stereocenters. The molecule has 1 N–H and O–H groups in total. The molecule has 24 heavy (non-hydrogen) atoms. The van der Waals surface area contributed by atoms with Crippen molar-refractivity contribution in [3.8, 4) is 10.6 Å². The van der Waals surface area contributed by atoms with Crippen LogP contribution in [0.25, 0.3) is 10.6 Å². The number of piperidine rings is 1. The highest BCUT2D eigenvalue weighted by atomic mass is 32.1. The van der Waals surface area contributed by atoms with E-state index in [1.165, 1.54) is 17.8 Å². The third kappa shape index (κ3) is 2.87. The number of aromatic nitrogens is 1. The van der Waals surface area contributed by atoms with E-state index in [4.69, 9.17) is 0 Å². The van der Waals surface area contributed by atoms with Crippen molar-refractivity contribution in [3.05, 3.63) is 40.9 Å². The molecule has 1 amide bonds. The maximum absolute atomic E-state index is 12.9. The average Bonchev–Trinajstić information content (AvgIpc) is 3.23. The lowest BCUT2D eigenvalue weighted by Gasteiger charge is -2.38. The second-order valence-corrected chi connectivity index (χ2v) is 8.02. The maximum atomic E-state index is 12.9. The number of aryl methyl sites for hydroxylation is 1. The summed E-state index contributed by atoms with van der Waals surface area (Å²) in [6.07, 6.45) is 3.50. The number of benzene rings is 1. The van der Waals surface area contributed by atoms with Crippen LogP contribution in [0.3, 0.4) is 0 Å². The lowest BCUT2D eigenvalue weighted by atomic mass is 9.78. The minimum absolute atomic E-state index is 0.160. The first-order valence-electron chi connectivity index (χ1n) is 8.70. The zero-order valence-electron chi connectivity index (χ0n) is 14.0. The van der Waals surface area contributed by atoms with Crippen molar-refractivity contribution in [1.82, 2.24) is 15.2 Å². The van der Waals surface area contributed by atoms with Crippen LogP contribution in [0.1, 0.15) is 34.6 Å². The van der Waals surface area contributed by atoms with E-state index in [9.17, 15) is 4.79 Å². The van der Waals surface area contributed by atoms with Gasteiger partial charge in [0.2, 0.25) is 0 Å². The molecule has 4 nitrogen and oxygen atoms in total. The number of nitrogens with one attached hydrogen (secondary N) is 1. The number of hydrogen-bond acceptors (Lipinski definition) is 4. The van der Waals surface area contributed by atoms with Gasteiger partial charge in [0.1, 0.15) is 9.88 Å². The molecule has 1 aromatic heterocycles. The topological polar surface area (TPSA) is 45.2 Å². The monoisotopic (exact) mass is 341 g/mol. The van der Waals surface area contributed by atoms with Gasteiger partial charge in [-0.05, 0) is 38.1 Å². The highest BCUT2D eigenvalue weighted by Crippen LogP contribution is 2.38. The predicted octanol–water partition coefficient (Wildman–Crippen LogP) is 3.33. The summed E-state index contributed by atoms with van der Waals surface area (Å²) in [5.41, 5.74) is 2.38. The molecule has 0 saturated carbocycles. The van der Waals surface area contributed by atoms with Crippen LogP contribution in [0.2, 0.25) is 0 Å². The van der Waals surface area contributed by atoms with Gasteiger partial charge < -0.3 is 10.2 Å². The van der Waals surface area contributed by atoms with Crippen LogP contribution in [0, 0.1) is 12.3 Å². The Bertz CT molecular complexity index is 724. The van der Waals surface area contributed by atoms with E-state index in [1.54, 1.807) is 0 Å². The molecule has 4 rings (SSSR count). The first kappa shape index (κ1) is 15.8. The minimum atomic E-state index is 0.160. The Balaban J connectivity index is 1.50.